The lowest BCUT2D eigenvalue weighted by atomic mass is 9.98. The summed E-state index contributed by atoms with van der Waals surface area (Å²) in [6.45, 7) is 2.33. The second kappa shape index (κ2) is 6.93. The van der Waals surface area contributed by atoms with Crippen LogP contribution in [-0.2, 0) is 16.1 Å². The molecule has 1 fully saturated rings. The van der Waals surface area contributed by atoms with E-state index in [0.717, 1.165) is 32.5 Å². The lowest BCUT2D eigenvalue weighted by molar-refractivity contribution is -0.132. The Kier molecular flexibility index (Phi) is 4.97. The van der Waals surface area contributed by atoms with Gasteiger partial charge in [0.15, 0.2) is 0 Å². The van der Waals surface area contributed by atoms with Crippen molar-refractivity contribution in [3.63, 3.8) is 0 Å². The number of hydrogen-bond donors (Lipinski definition) is 1. The first kappa shape index (κ1) is 14.4. The molecule has 1 aliphatic rings. The molecule has 1 atom stereocenters. The van der Waals surface area contributed by atoms with Gasteiger partial charge in [-0.3, -0.25) is 4.79 Å². The molecule has 7 heteroatoms. The van der Waals surface area contributed by atoms with Crippen LogP contribution < -0.4 is 5.32 Å². The molecular formula is C13H20N4O3. The molecule has 2 heterocycles. The summed E-state index contributed by atoms with van der Waals surface area (Å²) < 4.78 is 6.48. The van der Waals surface area contributed by atoms with Gasteiger partial charge >= 0.3 is 6.09 Å². The van der Waals surface area contributed by atoms with Crippen molar-refractivity contribution in [3.05, 3.63) is 18.7 Å². The van der Waals surface area contributed by atoms with Crippen LogP contribution in [0.15, 0.2) is 18.7 Å². The summed E-state index contributed by atoms with van der Waals surface area (Å²) in [7, 11) is 1.28. The Morgan fingerprint density at radius 3 is 3.05 bits per heavy atom. The average molecular weight is 280 g/mol. The van der Waals surface area contributed by atoms with Crippen LogP contribution in [0, 0.1) is 5.92 Å². The van der Waals surface area contributed by atoms with Gasteiger partial charge in [-0.1, -0.05) is 0 Å². The molecule has 0 radical (unpaired) electrons. The number of hydrogen-bond acceptors (Lipinski definition) is 4. The molecule has 1 aromatic rings. The van der Waals surface area contributed by atoms with E-state index in [2.05, 4.69) is 15.0 Å². The number of alkyl carbamates (subject to hydrolysis) is 1. The van der Waals surface area contributed by atoms with Crippen LogP contribution in [-0.4, -0.2) is 53.2 Å². The zero-order chi connectivity index (χ0) is 14.4. The Morgan fingerprint density at radius 1 is 1.50 bits per heavy atom. The van der Waals surface area contributed by atoms with Crippen molar-refractivity contribution in [1.29, 1.82) is 0 Å². The van der Waals surface area contributed by atoms with Gasteiger partial charge in [0.1, 0.15) is 6.54 Å². The first-order chi connectivity index (χ1) is 9.69. The molecule has 0 bridgehead atoms. The number of nitrogens with zero attached hydrogens (tertiary/aromatic N) is 3. The Bertz CT molecular complexity index is 446. The molecule has 2 amide bonds. The maximum absolute atomic E-state index is 12.0. The van der Waals surface area contributed by atoms with Gasteiger partial charge in [-0.25, -0.2) is 9.78 Å². The number of piperidine rings is 1. The number of rotatable bonds is 4. The Hall–Kier alpha value is -2.05. The van der Waals surface area contributed by atoms with Crippen LogP contribution in [0.2, 0.25) is 0 Å². The van der Waals surface area contributed by atoms with E-state index >= 15 is 0 Å². The van der Waals surface area contributed by atoms with Crippen LogP contribution in [0.25, 0.3) is 0 Å². The molecule has 110 valence electrons. The number of imidazole rings is 1. The second-order valence-corrected chi connectivity index (χ2v) is 4.95. The average Bonchev–Trinajstić information content (AvgIpc) is 2.97. The van der Waals surface area contributed by atoms with E-state index in [1.165, 1.54) is 7.11 Å². The van der Waals surface area contributed by atoms with Crippen molar-refractivity contribution in [2.75, 3.05) is 26.7 Å². The summed E-state index contributed by atoms with van der Waals surface area (Å²) in [5.41, 5.74) is 0. The number of aromatic nitrogens is 2. The van der Waals surface area contributed by atoms with Crippen LogP contribution >= 0.6 is 0 Å². The fourth-order valence-electron chi connectivity index (χ4n) is 2.47. The second-order valence-electron chi connectivity index (χ2n) is 4.95. The van der Waals surface area contributed by atoms with Gasteiger partial charge in [0, 0.05) is 32.0 Å². The molecule has 0 unspecified atom stereocenters. The van der Waals surface area contributed by atoms with Crippen molar-refractivity contribution in [1.82, 2.24) is 19.8 Å². The number of ether oxygens (including phenoxy) is 1. The minimum absolute atomic E-state index is 0.00946. The molecule has 20 heavy (non-hydrogen) atoms. The van der Waals surface area contributed by atoms with E-state index in [9.17, 15) is 9.59 Å². The predicted octanol–water partition coefficient (Wildman–Crippen LogP) is 0.478. The SMILES string of the molecule is COC(=O)NCC(=O)N1CCC[C@@H](Cn2ccnc2)C1. The van der Waals surface area contributed by atoms with Gasteiger partial charge in [0.2, 0.25) is 5.91 Å². The van der Waals surface area contributed by atoms with Crippen LogP contribution in [0.3, 0.4) is 0 Å². The highest BCUT2D eigenvalue weighted by Crippen LogP contribution is 2.18. The van der Waals surface area contributed by atoms with E-state index in [4.69, 9.17) is 0 Å². The summed E-state index contributed by atoms with van der Waals surface area (Å²) >= 11 is 0. The predicted molar refractivity (Wildman–Crippen MR) is 71.9 cm³/mol. The number of methoxy groups -OCH3 is 1. The monoisotopic (exact) mass is 280 g/mol. The number of carbonyl (C=O) groups excluding carboxylic acids is 2. The van der Waals surface area contributed by atoms with Crippen LogP contribution in [0.4, 0.5) is 4.79 Å². The van der Waals surface area contributed by atoms with Gasteiger partial charge in [0.05, 0.1) is 13.4 Å². The molecule has 0 aromatic carbocycles. The fraction of sp³-hybridized carbons (Fsp3) is 0.615. The summed E-state index contributed by atoms with van der Waals surface area (Å²) in [6, 6.07) is 0. The van der Waals surface area contributed by atoms with Gasteiger partial charge in [0.25, 0.3) is 0 Å². The van der Waals surface area contributed by atoms with Crippen LogP contribution in [0.5, 0.6) is 0 Å². The molecule has 7 nitrogen and oxygen atoms in total. The summed E-state index contributed by atoms with van der Waals surface area (Å²) in [4.78, 5) is 28.8. The fourth-order valence-corrected chi connectivity index (χ4v) is 2.47. The number of likely N-dealkylation sites (tertiary alicyclic amines) is 1. The quantitative estimate of drug-likeness (QED) is 0.870. The number of carbonyl (C=O) groups is 2. The Balaban J connectivity index is 1.80. The van der Waals surface area contributed by atoms with Crippen LogP contribution in [0.1, 0.15) is 12.8 Å². The first-order valence-electron chi connectivity index (χ1n) is 6.74. The molecule has 0 spiro atoms. The number of amides is 2. The van der Waals surface area contributed by atoms with Gasteiger partial charge in [-0.2, -0.15) is 0 Å². The standard InChI is InChI=1S/C13H20N4O3/c1-20-13(19)15-7-12(18)17-5-2-3-11(9-17)8-16-6-4-14-10-16/h4,6,10-11H,2-3,5,7-9H2,1H3,(H,15,19)/t11-/m0/s1. The molecule has 1 aliphatic heterocycles. The molecule has 2 rings (SSSR count). The third kappa shape index (κ3) is 3.97. The minimum Gasteiger partial charge on any atom is -0.453 e. The first-order valence-corrected chi connectivity index (χ1v) is 6.74. The maximum atomic E-state index is 12.0. The molecule has 1 saturated heterocycles. The Labute approximate surface area is 117 Å². The van der Waals surface area contributed by atoms with E-state index in [1.807, 2.05) is 10.8 Å². The normalized spacial score (nSPS) is 18.6. The van der Waals surface area contributed by atoms with Crippen molar-refractivity contribution in [2.45, 2.75) is 19.4 Å². The number of nitrogens with one attached hydrogen (secondary N) is 1. The highest BCUT2D eigenvalue weighted by atomic mass is 16.5. The molecule has 0 aliphatic carbocycles. The molecule has 1 aromatic heterocycles. The van der Waals surface area contributed by atoms with E-state index in [1.54, 1.807) is 17.4 Å². The lowest BCUT2D eigenvalue weighted by Crippen LogP contribution is -2.45. The third-order valence-electron chi connectivity index (χ3n) is 3.47. The molecule has 0 saturated carbocycles. The van der Waals surface area contributed by atoms with Crippen molar-refractivity contribution in [2.24, 2.45) is 5.92 Å². The zero-order valence-corrected chi connectivity index (χ0v) is 11.6. The minimum atomic E-state index is -0.578. The largest absolute Gasteiger partial charge is 0.453 e. The lowest BCUT2D eigenvalue weighted by Gasteiger charge is -2.33. The highest BCUT2D eigenvalue weighted by Gasteiger charge is 2.23. The summed E-state index contributed by atoms with van der Waals surface area (Å²) in [6.07, 6.45) is 6.99. The van der Waals surface area contributed by atoms with Gasteiger partial charge < -0.3 is 19.5 Å². The van der Waals surface area contributed by atoms with Gasteiger partial charge in [-0.05, 0) is 18.8 Å². The topological polar surface area (TPSA) is 76.5 Å². The third-order valence-corrected chi connectivity index (χ3v) is 3.47. The maximum Gasteiger partial charge on any atom is 0.407 e. The van der Waals surface area contributed by atoms with Gasteiger partial charge in [-0.15, -0.1) is 0 Å². The van der Waals surface area contributed by atoms with E-state index in [0.29, 0.717) is 5.92 Å². The molecular weight excluding hydrogens is 260 g/mol. The Morgan fingerprint density at radius 2 is 2.35 bits per heavy atom. The summed E-state index contributed by atoms with van der Waals surface area (Å²) in [5, 5.41) is 2.42. The van der Waals surface area contributed by atoms with Crippen molar-refractivity contribution < 1.29 is 14.3 Å². The molecule has 1 N–H and O–H groups in total. The van der Waals surface area contributed by atoms with Crippen molar-refractivity contribution >= 4 is 12.0 Å². The zero-order valence-electron chi connectivity index (χ0n) is 11.6. The smallest absolute Gasteiger partial charge is 0.407 e. The van der Waals surface area contributed by atoms with E-state index in [-0.39, 0.29) is 12.5 Å². The highest BCUT2D eigenvalue weighted by molar-refractivity contribution is 5.82. The van der Waals surface area contributed by atoms with E-state index < -0.39 is 6.09 Å². The van der Waals surface area contributed by atoms with Crippen molar-refractivity contribution in [3.8, 4) is 0 Å². The summed E-state index contributed by atoms with van der Waals surface area (Å²) in [5.74, 6) is 0.366.